The molecule has 1 heterocycles. The van der Waals surface area contributed by atoms with Gasteiger partial charge in [-0.25, -0.2) is 9.79 Å². The van der Waals surface area contributed by atoms with Crippen molar-refractivity contribution in [2.45, 2.75) is 13.5 Å². The van der Waals surface area contributed by atoms with Gasteiger partial charge in [0.05, 0.1) is 17.8 Å². The van der Waals surface area contributed by atoms with Gasteiger partial charge in [-0.3, -0.25) is 9.36 Å². The van der Waals surface area contributed by atoms with Gasteiger partial charge in [0.1, 0.15) is 11.6 Å². The molecule has 4 aromatic rings. The summed E-state index contributed by atoms with van der Waals surface area (Å²) in [5.41, 5.74) is 1.01. The minimum Gasteiger partial charge on any atom is -0.494 e. The number of carbonyl (C=O) groups excluding carboxylic acids is 1. The zero-order valence-electron chi connectivity index (χ0n) is 18.1. The standard InChI is InChI=1S/C26H19BrN4O3/c1-16-20(13-28)24(32)31(15-17-7-3-2-4-8-17)25(33)21(16)14-29-26(34)30-23-12-11-22(27)18-9-5-6-10-19(18)23/h2-12,14,33H,15H2,1H3,(H,30,34)/b29-14+. The predicted molar refractivity (Wildman–Crippen MR) is 136 cm³/mol. The molecule has 0 aliphatic heterocycles. The molecule has 7 nitrogen and oxygen atoms in total. The molecule has 0 atom stereocenters. The van der Waals surface area contributed by atoms with Gasteiger partial charge in [-0.15, -0.1) is 0 Å². The molecule has 2 N–H and O–H groups in total. The number of amides is 2. The largest absolute Gasteiger partial charge is 0.494 e. The van der Waals surface area contributed by atoms with Crippen LogP contribution in [0.2, 0.25) is 0 Å². The molecule has 0 aliphatic carbocycles. The average molecular weight is 515 g/mol. The highest BCUT2D eigenvalue weighted by atomic mass is 79.9. The Morgan fingerprint density at radius 1 is 1.12 bits per heavy atom. The Balaban J connectivity index is 1.68. The van der Waals surface area contributed by atoms with E-state index < -0.39 is 11.6 Å². The Labute approximate surface area is 203 Å². The van der Waals surface area contributed by atoms with E-state index in [1.807, 2.05) is 66.7 Å². The maximum absolute atomic E-state index is 12.8. The molecule has 0 spiro atoms. The first kappa shape index (κ1) is 23.0. The molecule has 0 unspecified atom stereocenters. The van der Waals surface area contributed by atoms with Crippen LogP contribution < -0.4 is 10.9 Å². The molecular weight excluding hydrogens is 496 g/mol. The SMILES string of the molecule is Cc1c(/C=N/C(=O)Nc2ccc(Br)c3ccccc23)c(O)n(Cc2ccccc2)c(=O)c1C#N. The number of urea groups is 1. The molecule has 8 heteroatoms. The normalized spacial score (nSPS) is 11.0. The summed E-state index contributed by atoms with van der Waals surface area (Å²) < 4.78 is 2.00. The molecule has 0 radical (unpaired) electrons. The van der Waals surface area contributed by atoms with Gasteiger partial charge in [-0.1, -0.05) is 70.5 Å². The number of pyridine rings is 1. The molecule has 3 aromatic carbocycles. The first-order valence-electron chi connectivity index (χ1n) is 10.3. The molecule has 0 saturated carbocycles. The topological polar surface area (TPSA) is 107 Å². The van der Waals surface area contributed by atoms with Crippen molar-refractivity contribution in [1.82, 2.24) is 4.57 Å². The Kier molecular flexibility index (Phi) is 6.57. The van der Waals surface area contributed by atoms with Crippen LogP contribution in [0.5, 0.6) is 5.88 Å². The van der Waals surface area contributed by atoms with E-state index in [0.29, 0.717) is 5.69 Å². The number of anilines is 1. The highest BCUT2D eigenvalue weighted by molar-refractivity contribution is 9.10. The highest BCUT2D eigenvalue weighted by Crippen LogP contribution is 2.30. The van der Waals surface area contributed by atoms with Crippen LogP contribution >= 0.6 is 15.9 Å². The number of hydrogen-bond donors (Lipinski definition) is 2. The number of nitrogens with zero attached hydrogens (tertiary/aromatic N) is 3. The second kappa shape index (κ2) is 9.73. The predicted octanol–water partition coefficient (Wildman–Crippen LogP) is 5.35. The lowest BCUT2D eigenvalue weighted by Gasteiger charge is -2.14. The fourth-order valence-corrected chi connectivity index (χ4v) is 4.16. The number of halogens is 1. The van der Waals surface area contributed by atoms with Gasteiger partial charge in [0.15, 0.2) is 0 Å². The molecule has 4 rings (SSSR count). The summed E-state index contributed by atoms with van der Waals surface area (Å²) in [5, 5.41) is 24.9. The lowest BCUT2D eigenvalue weighted by molar-refractivity contribution is 0.259. The van der Waals surface area contributed by atoms with Crippen molar-refractivity contribution in [3.8, 4) is 11.9 Å². The summed E-state index contributed by atoms with van der Waals surface area (Å²) in [4.78, 5) is 29.3. The second-order valence-electron chi connectivity index (χ2n) is 7.55. The molecule has 0 fully saturated rings. The highest BCUT2D eigenvalue weighted by Gasteiger charge is 2.18. The molecule has 1 aromatic heterocycles. The van der Waals surface area contributed by atoms with Crippen LogP contribution in [0.3, 0.4) is 0 Å². The molecule has 2 amide bonds. The van der Waals surface area contributed by atoms with Gasteiger partial charge in [0, 0.05) is 16.1 Å². The number of aromatic hydroxyl groups is 1. The molecule has 168 valence electrons. The number of nitrogens with one attached hydrogen (secondary N) is 1. The number of aliphatic imine (C=N–C) groups is 1. The van der Waals surface area contributed by atoms with Crippen molar-refractivity contribution in [3.63, 3.8) is 0 Å². The van der Waals surface area contributed by atoms with Crippen LogP contribution in [0.1, 0.15) is 22.3 Å². The second-order valence-corrected chi connectivity index (χ2v) is 8.41. The Hall–Kier alpha value is -4.22. The van der Waals surface area contributed by atoms with Crippen LogP contribution in [0, 0.1) is 18.3 Å². The summed E-state index contributed by atoms with van der Waals surface area (Å²) in [6.45, 7) is 1.60. The Morgan fingerprint density at radius 3 is 2.50 bits per heavy atom. The van der Waals surface area contributed by atoms with Gasteiger partial charge in [-0.05, 0) is 35.6 Å². The van der Waals surface area contributed by atoms with E-state index in [1.165, 1.54) is 13.1 Å². The van der Waals surface area contributed by atoms with E-state index in [0.717, 1.165) is 25.4 Å². The van der Waals surface area contributed by atoms with Gasteiger partial charge >= 0.3 is 6.03 Å². The van der Waals surface area contributed by atoms with E-state index >= 15 is 0 Å². The van der Waals surface area contributed by atoms with Crippen LogP contribution in [0.25, 0.3) is 10.8 Å². The maximum Gasteiger partial charge on any atom is 0.345 e. The van der Waals surface area contributed by atoms with Crippen LogP contribution in [0.15, 0.2) is 81.0 Å². The Morgan fingerprint density at radius 2 is 1.79 bits per heavy atom. The monoisotopic (exact) mass is 514 g/mol. The van der Waals surface area contributed by atoms with Crippen molar-refractivity contribution in [1.29, 1.82) is 5.26 Å². The van der Waals surface area contributed by atoms with Gasteiger partial charge < -0.3 is 10.4 Å². The third-order valence-electron chi connectivity index (χ3n) is 5.45. The Bertz CT molecular complexity index is 1540. The zero-order valence-corrected chi connectivity index (χ0v) is 19.7. The maximum atomic E-state index is 12.8. The van der Waals surface area contributed by atoms with Gasteiger partial charge in [0.2, 0.25) is 5.88 Å². The fourth-order valence-electron chi connectivity index (χ4n) is 3.68. The third-order valence-corrected chi connectivity index (χ3v) is 6.14. The lowest BCUT2D eigenvalue weighted by atomic mass is 10.1. The van der Waals surface area contributed by atoms with Crippen molar-refractivity contribution >= 4 is 44.6 Å². The number of aromatic nitrogens is 1. The number of fused-ring (bicyclic) bond motifs is 1. The van der Waals surface area contributed by atoms with E-state index in [2.05, 4.69) is 26.2 Å². The minimum atomic E-state index is -0.661. The number of hydrogen-bond acceptors (Lipinski definition) is 4. The van der Waals surface area contributed by atoms with Crippen LogP contribution in [-0.2, 0) is 6.54 Å². The van der Waals surface area contributed by atoms with Crippen LogP contribution in [-0.4, -0.2) is 21.9 Å². The fraction of sp³-hybridized carbons (Fsp3) is 0.0769. The smallest absolute Gasteiger partial charge is 0.345 e. The molecular formula is C26H19BrN4O3. The number of nitriles is 1. The first-order chi connectivity index (χ1) is 16.4. The molecule has 0 aliphatic rings. The van der Waals surface area contributed by atoms with E-state index in [4.69, 9.17) is 0 Å². The minimum absolute atomic E-state index is 0.0678. The summed E-state index contributed by atoms with van der Waals surface area (Å²) in [6, 6.07) is 21.5. The molecule has 0 saturated heterocycles. The quantitative estimate of drug-likeness (QED) is 0.358. The first-order valence-corrected chi connectivity index (χ1v) is 11.1. The summed E-state index contributed by atoms with van der Waals surface area (Å²) in [6.07, 6.45) is 1.17. The van der Waals surface area contributed by atoms with Crippen molar-refractivity contribution in [2.24, 2.45) is 4.99 Å². The molecule has 34 heavy (non-hydrogen) atoms. The summed E-state index contributed by atoms with van der Waals surface area (Å²) in [7, 11) is 0. The lowest BCUT2D eigenvalue weighted by Crippen LogP contribution is -2.26. The van der Waals surface area contributed by atoms with E-state index in [9.17, 15) is 20.0 Å². The average Bonchev–Trinajstić information content (AvgIpc) is 2.84. The van der Waals surface area contributed by atoms with Crippen LogP contribution in [0.4, 0.5) is 10.5 Å². The van der Waals surface area contributed by atoms with Crippen molar-refractivity contribution in [2.75, 3.05) is 5.32 Å². The van der Waals surface area contributed by atoms with Crippen molar-refractivity contribution < 1.29 is 9.90 Å². The van der Waals surface area contributed by atoms with E-state index in [1.54, 1.807) is 6.07 Å². The zero-order chi connectivity index (χ0) is 24.2. The van der Waals surface area contributed by atoms with Crippen molar-refractivity contribution in [3.05, 3.63) is 104 Å². The summed E-state index contributed by atoms with van der Waals surface area (Å²) in [5.74, 6) is -0.365. The summed E-state index contributed by atoms with van der Waals surface area (Å²) >= 11 is 3.50. The molecule has 0 bridgehead atoms. The van der Waals surface area contributed by atoms with E-state index in [-0.39, 0.29) is 29.1 Å². The number of rotatable bonds is 4. The van der Waals surface area contributed by atoms with Gasteiger partial charge in [-0.2, -0.15) is 5.26 Å². The van der Waals surface area contributed by atoms with Gasteiger partial charge in [0.25, 0.3) is 5.56 Å². The number of benzene rings is 3. The third kappa shape index (κ3) is 4.47. The number of carbonyl (C=O) groups is 1.